The van der Waals surface area contributed by atoms with Crippen LogP contribution in [0.3, 0.4) is 0 Å². The van der Waals surface area contributed by atoms with Crippen LogP contribution in [0.1, 0.15) is 10.5 Å². The van der Waals surface area contributed by atoms with Crippen molar-refractivity contribution in [2.75, 3.05) is 7.05 Å². The summed E-state index contributed by atoms with van der Waals surface area (Å²) in [6, 6.07) is 1.81. The number of nitrogens with one attached hydrogen (secondary N) is 1. The molecule has 1 aromatic heterocycles. The van der Waals surface area contributed by atoms with Crippen molar-refractivity contribution in [1.82, 2.24) is 15.3 Å². The van der Waals surface area contributed by atoms with Crippen LogP contribution in [0.15, 0.2) is 12.4 Å². The van der Waals surface area contributed by atoms with E-state index in [1.54, 1.807) is 7.05 Å². The first-order valence-corrected chi connectivity index (χ1v) is 14.5. The van der Waals surface area contributed by atoms with Gasteiger partial charge in [0.05, 0.1) is 0 Å². The van der Waals surface area contributed by atoms with Crippen LogP contribution in [-0.4, -0.2) is 41.3 Å². The summed E-state index contributed by atoms with van der Waals surface area (Å²) in [5.74, 6) is -0.149. The molecule has 0 aliphatic rings. The maximum atomic E-state index is 11.3. The Morgan fingerprint density at radius 1 is 1.36 bits per heavy atom. The Morgan fingerprint density at radius 2 is 2.00 bits per heavy atom. The van der Waals surface area contributed by atoms with Gasteiger partial charge >= 0.3 is 88.0 Å². The van der Waals surface area contributed by atoms with Crippen molar-refractivity contribution in [1.29, 1.82) is 0 Å². The van der Waals surface area contributed by atoms with E-state index in [9.17, 15) is 4.79 Å². The van der Waals surface area contributed by atoms with Crippen LogP contribution in [-0.2, 0) is 0 Å². The van der Waals surface area contributed by atoms with Gasteiger partial charge in [-0.25, -0.2) is 0 Å². The number of rotatable bonds is 2. The standard InChI is InChI=1S/C6H6N3O.3CH3.Sn/c1-7-6(10)5-2-3-8-4-9-5;;;;/h2,4H,1H3,(H,7,10);3*1H3;. The summed E-state index contributed by atoms with van der Waals surface area (Å²) in [5.41, 5.74) is 0.462. The first kappa shape index (κ1) is 11.4. The summed E-state index contributed by atoms with van der Waals surface area (Å²) in [5, 5.41) is 2.55. The van der Waals surface area contributed by atoms with E-state index in [0.717, 1.165) is 3.71 Å². The molecular weight excluding hydrogens is 285 g/mol. The summed E-state index contributed by atoms with van der Waals surface area (Å²) < 4.78 is 1.08. The van der Waals surface area contributed by atoms with E-state index in [4.69, 9.17) is 0 Å². The molecule has 0 saturated carbocycles. The first-order valence-electron chi connectivity index (χ1n) is 4.50. The maximum absolute atomic E-state index is 11.3. The third-order valence-corrected chi connectivity index (χ3v) is 7.06. The number of carbonyl (C=O) groups excluding carboxylic acids is 1. The predicted octanol–water partition coefficient (Wildman–Crippen LogP) is 0.381. The average Bonchev–Trinajstić information content (AvgIpc) is 2.15. The van der Waals surface area contributed by atoms with Crippen LogP contribution in [0, 0.1) is 0 Å². The predicted molar refractivity (Wildman–Crippen MR) is 58.4 cm³/mol. The van der Waals surface area contributed by atoms with Crippen molar-refractivity contribution in [2.24, 2.45) is 0 Å². The van der Waals surface area contributed by atoms with Gasteiger partial charge in [0, 0.05) is 0 Å². The van der Waals surface area contributed by atoms with Crippen molar-refractivity contribution in [3.05, 3.63) is 18.1 Å². The molecule has 0 atom stereocenters. The van der Waals surface area contributed by atoms with E-state index >= 15 is 0 Å². The number of hydrogen-bond acceptors (Lipinski definition) is 3. The molecule has 1 amide bonds. The van der Waals surface area contributed by atoms with E-state index in [2.05, 4.69) is 30.1 Å². The van der Waals surface area contributed by atoms with Gasteiger partial charge in [-0.1, -0.05) is 0 Å². The van der Waals surface area contributed by atoms with Crippen LogP contribution in [0.5, 0.6) is 0 Å². The van der Waals surface area contributed by atoms with E-state index in [0.29, 0.717) is 5.69 Å². The van der Waals surface area contributed by atoms with Gasteiger partial charge in [0.25, 0.3) is 0 Å². The van der Waals surface area contributed by atoms with Crippen LogP contribution in [0.4, 0.5) is 0 Å². The molecule has 0 bridgehead atoms. The molecule has 0 fully saturated rings. The van der Waals surface area contributed by atoms with Gasteiger partial charge in [-0.2, -0.15) is 0 Å². The van der Waals surface area contributed by atoms with Gasteiger partial charge in [-0.3, -0.25) is 0 Å². The fourth-order valence-electron chi connectivity index (χ4n) is 1.02. The zero-order valence-corrected chi connectivity index (χ0v) is 11.8. The molecule has 0 spiro atoms. The quantitative estimate of drug-likeness (QED) is 0.804. The molecule has 0 saturated heterocycles. The Kier molecular flexibility index (Phi) is 3.47. The molecule has 4 nitrogen and oxygen atoms in total. The fraction of sp³-hybridized carbons (Fsp3) is 0.444. The van der Waals surface area contributed by atoms with Crippen molar-refractivity contribution in [3.8, 4) is 0 Å². The Hall–Kier alpha value is -0.651. The normalized spacial score (nSPS) is 11.1. The number of nitrogens with zero attached hydrogens (tertiary/aromatic N) is 2. The van der Waals surface area contributed by atoms with E-state index in [-0.39, 0.29) is 5.91 Å². The van der Waals surface area contributed by atoms with Gasteiger partial charge in [0.15, 0.2) is 0 Å². The summed E-state index contributed by atoms with van der Waals surface area (Å²) >= 11 is -2.17. The van der Waals surface area contributed by atoms with Gasteiger partial charge in [0.2, 0.25) is 0 Å². The van der Waals surface area contributed by atoms with Gasteiger partial charge < -0.3 is 0 Å². The third-order valence-electron chi connectivity index (χ3n) is 1.90. The molecule has 0 unspecified atom stereocenters. The van der Waals surface area contributed by atoms with E-state index < -0.39 is 18.4 Å². The van der Waals surface area contributed by atoms with Crippen molar-refractivity contribution >= 4 is 28.0 Å². The monoisotopic (exact) mass is 301 g/mol. The second kappa shape index (κ2) is 4.25. The molecule has 14 heavy (non-hydrogen) atoms. The van der Waals surface area contributed by atoms with Crippen molar-refractivity contribution in [3.63, 3.8) is 0 Å². The zero-order valence-electron chi connectivity index (χ0n) is 8.96. The molecular formula is C9H15N3OSn. The Labute approximate surface area is 88.0 Å². The minimum atomic E-state index is -2.17. The van der Waals surface area contributed by atoms with Crippen LogP contribution < -0.4 is 9.03 Å². The summed E-state index contributed by atoms with van der Waals surface area (Å²) in [6.07, 6.45) is 1.47. The van der Waals surface area contributed by atoms with Crippen LogP contribution in [0.2, 0.25) is 14.8 Å². The number of hydrogen-bond donors (Lipinski definition) is 1. The van der Waals surface area contributed by atoms with E-state index in [1.165, 1.54) is 6.33 Å². The molecule has 0 radical (unpaired) electrons. The molecule has 0 aliphatic carbocycles. The minimum absolute atomic E-state index is 0.149. The van der Waals surface area contributed by atoms with Gasteiger partial charge in [-0.15, -0.1) is 0 Å². The fourth-order valence-corrected chi connectivity index (χ4v) is 3.92. The molecule has 0 aromatic carbocycles. The molecule has 1 N–H and O–H groups in total. The Bertz CT molecular complexity index is 346. The Morgan fingerprint density at radius 3 is 2.50 bits per heavy atom. The van der Waals surface area contributed by atoms with E-state index in [1.807, 2.05) is 6.07 Å². The van der Waals surface area contributed by atoms with Crippen molar-refractivity contribution in [2.45, 2.75) is 14.8 Å². The Balaban J connectivity index is 3.08. The number of aromatic nitrogens is 2. The number of carbonyl (C=O) groups is 1. The topological polar surface area (TPSA) is 54.9 Å². The van der Waals surface area contributed by atoms with Crippen LogP contribution >= 0.6 is 0 Å². The number of amides is 1. The third kappa shape index (κ3) is 2.67. The summed E-state index contributed by atoms with van der Waals surface area (Å²) in [4.78, 5) is 26.2. The van der Waals surface area contributed by atoms with Crippen molar-refractivity contribution < 1.29 is 4.79 Å². The van der Waals surface area contributed by atoms with Gasteiger partial charge in [-0.05, 0) is 0 Å². The first-order chi connectivity index (χ1) is 6.45. The second-order valence-corrected chi connectivity index (χ2v) is 18.4. The molecule has 1 aromatic rings. The molecule has 5 heteroatoms. The average molecular weight is 300 g/mol. The summed E-state index contributed by atoms with van der Waals surface area (Å²) in [7, 11) is 1.60. The van der Waals surface area contributed by atoms with Gasteiger partial charge in [0.1, 0.15) is 0 Å². The zero-order chi connectivity index (χ0) is 10.8. The molecule has 76 valence electrons. The molecule has 1 heterocycles. The second-order valence-electron chi connectivity index (χ2n) is 4.12. The summed E-state index contributed by atoms with van der Waals surface area (Å²) in [6.45, 7) is 0. The molecule has 0 aliphatic heterocycles. The molecule has 1 rings (SSSR count). The van der Waals surface area contributed by atoms with Crippen LogP contribution in [0.25, 0.3) is 0 Å². The SMILES string of the molecule is CNC(=O)c1c[c]([Sn]([CH3])([CH3])[CH3])ncn1.